The van der Waals surface area contributed by atoms with Crippen LogP contribution in [0.5, 0.6) is 0 Å². The molecule has 2 aliphatic rings. The Hall–Kier alpha value is -0.0800. The summed E-state index contributed by atoms with van der Waals surface area (Å²) in [5.41, 5.74) is -0.373. The van der Waals surface area contributed by atoms with Gasteiger partial charge in [0.05, 0.1) is 11.7 Å². The minimum Gasteiger partial charge on any atom is -0.390 e. The summed E-state index contributed by atoms with van der Waals surface area (Å²) in [4.78, 5) is 0. The van der Waals surface area contributed by atoms with E-state index in [1.165, 1.54) is 32.1 Å². The summed E-state index contributed by atoms with van der Waals surface area (Å²) in [5.74, 6) is 0.784. The lowest BCUT2D eigenvalue weighted by Gasteiger charge is -2.45. The Morgan fingerprint density at radius 2 is 1.87 bits per heavy atom. The van der Waals surface area contributed by atoms with E-state index in [-0.39, 0.29) is 5.60 Å². The molecule has 88 valence electrons. The van der Waals surface area contributed by atoms with Crippen LogP contribution in [-0.4, -0.2) is 23.4 Å². The maximum Gasteiger partial charge on any atom is 0.0699 e. The molecule has 15 heavy (non-hydrogen) atoms. The molecule has 0 bridgehead atoms. The lowest BCUT2D eigenvalue weighted by molar-refractivity contribution is -0.148. The average Bonchev–Trinajstić information content (AvgIpc) is 2.17. The molecule has 2 nitrogen and oxygen atoms in total. The molecule has 0 aromatic rings. The third-order valence-corrected chi connectivity index (χ3v) is 4.01. The van der Waals surface area contributed by atoms with Crippen molar-refractivity contribution in [3.8, 4) is 0 Å². The normalized spacial score (nSPS) is 37.6. The van der Waals surface area contributed by atoms with Crippen LogP contribution in [0.1, 0.15) is 58.3 Å². The van der Waals surface area contributed by atoms with Gasteiger partial charge in [0.1, 0.15) is 0 Å². The van der Waals surface area contributed by atoms with Crippen molar-refractivity contribution >= 4 is 0 Å². The summed E-state index contributed by atoms with van der Waals surface area (Å²) in [6.07, 6.45) is 9.92. The van der Waals surface area contributed by atoms with E-state index < -0.39 is 0 Å². The van der Waals surface area contributed by atoms with Crippen molar-refractivity contribution in [2.24, 2.45) is 5.92 Å². The predicted molar refractivity (Wildman–Crippen MR) is 60.8 cm³/mol. The number of rotatable bonds is 4. The molecule has 0 amide bonds. The number of hydrogen-bond acceptors (Lipinski definition) is 2. The van der Waals surface area contributed by atoms with E-state index in [1.54, 1.807) is 0 Å². The first-order valence-corrected chi connectivity index (χ1v) is 6.56. The van der Waals surface area contributed by atoms with E-state index in [1.807, 2.05) is 6.92 Å². The summed E-state index contributed by atoms with van der Waals surface area (Å²) in [6.45, 7) is 2.81. The van der Waals surface area contributed by atoms with Crippen LogP contribution in [0.15, 0.2) is 0 Å². The molecular formula is C13H24O2. The van der Waals surface area contributed by atoms with Gasteiger partial charge in [-0.05, 0) is 19.3 Å². The number of aliphatic hydroxyl groups is 1. The zero-order valence-electron chi connectivity index (χ0n) is 9.87. The molecule has 0 aliphatic heterocycles. The van der Waals surface area contributed by atoms with Gasteiger partial charge in [0.2, 0.25) is 0 Å². The molecule has 2 fully saturated rings. The molecule has 0 saturated heterocycles. The molecule has 0 unspecified atom stereocenters. The van der Waals surface area contributed by atoms with Crippen molar-refractivity contribution in [1.29, 1.82) is 0 Å². The van der Waals surface area contributed by atoms with E-state index in [0.717, 1.165) is 31.8 Å². The fourth-order valence-corrected chi connectivity index (χ4v) is 3.24. The third kappa shape index (κ3) is 2.94. The minimum absolute atomic E-state index is 0.337. The van der Waals surface area contributed by atoms with Gasteiger partial charge in [0, 0.05) is 19.4 Å². The first-order valence-electron chi connectivity index (χ1n) is 6.56. The summed E-state index contributed by atoms with van der Waals surface area (Å²) in [5, 5.41) is 10.3. The lowest BCUT2D eigenvalue weighted by Crippen LogP contribution is -2.49. The van der Waals surface area contributed by atoms with Gasteiger partial charge in [0.15, 0.2) is 0 Å². The van der Waals surface area contributed by atoms with Gasteiger partial charge in [-0.1, -0.05) is 32.1 Å². The predicted octanol–water partition coefficient (Wildman–Crippen LogP) is 2.89. The summed E-state index contributed by atoms with van der Waals surface area (Å²) in [7, 11) is 0. The van der Waals surface area contributed by atoms with Crippen LogP contribution < -0.4 is 0 Å². The number of ether oxygens (including phenoxy) is 1. The first kappa shape index (κ1) is 11.4. The molecule has 2 heteroatoms. The van der Waals surface area contributed by atoms with Crippen LogP contribution >= 0.6 is 0 Å². The van der Waals surface area contributed by atoms with Gasteiger partial charge in [-0.25, -0.2) is 0 Å². The van der Waals surface area contributed by atoms with Gasteiger partial charge in [0.25, 0.3) is 0 Å². The molecule has 2 aliphatic carbocycles. The monoisotopic (exact) mass is 212 g/mol. The van der Waals surface area contributed by atoms with Crippen molar-refractivity contribution in [1.82, 2.24) is 0 Å². The quantitative estimate of drug-likeness (QED) is 0.776. The Bertz CT molecular complexity index is 191. The highest BCUT2D eigenvalue weighted by atomic mass is 16.5. The maximum absolute atomic E-state index is 10.3. The fourth-order valence-electron chi connectivity index (χ4n) is 3.24. The highest BCUT2D eigenvalue weighted by Gasteiger charge is 2.44. The van der Waals surface area contributed by atoms with E-state index in [9.17, 15) is 5.11 Å². The Morgan fingerprint density at radius 3 is 2.47 bits per heavy atom. The van der Waals surface area contributed by atoms with Gasteiger partial charge in [-0.2, -0.15) is 0 Å². The molecule has 1 N–H and O–H groups in total. The molecule has 0 aromatic carbocycles. The van der Waals surface area contributed by atoms with E-state index >= 15 is 0 Å². The molecule has 0 radical (unpaired) electrons. The molecular weight excluding hydrogens is 188 g/mol. The molecule has 0 spiro atoms. The highest BCUT2D eigenvalue weighted by molar-refractivity contribution is 4.96. The molecule has 0 aromatic heterocycles. The second-order valence-corrected chi connectivity index (χ2v) is 5.42. The van der Waals surface area contributed by atoms with Gasteiger partial charge in [-0.3, -0.25) is 0 Å². The number of hydrogen-bond donors (Lipinski definition) is 1. The Balaban J connectivity index is 1.70. The Labute approximate surface area is 93.0 Å². The fraction of sp³-hybridized carbons (Fsp3) is 1.00. The highest BCUT2D eigenvalue weighted by Crippen LogP contribution is 2.42. The zero-order chi connectivity index (χ0) is 10.7. The third-order valence-electron chi connectivity index (χ3n) is 4.01. The van der Waals surface area contributed by atoms with Crippen LogP contribution in [0.4, 0.5) is 0 Å². The standard InChI is InChI=1S/C13H24O2/c1-2-15-12-9-13(14,10-12)8-11-6-4-3-5-7-11/h11-12,14H,2-10H2,1H3. The minimum atomic E-state index is -0.373. The maximum atomic E-state index is 10.3. The van der Waals surface area contributed by atoms with Crippen LogP contribution in [0.2, 0.25) is 0 Å². The molecule has 2 rings (SSSR count). The van der Waals surface area contributed by atoms with Gasteiger partial charge >= 0.3 is 0 Å². The van der Waals surface area contributed by atoms with Crippen molar-refractivity contribution in [2.45, 2.75) is 70.0 Å². The largest absolute Gasteiger partial charge is 0.390 e. The van der Waals surface area contributed by atoms with Crippen molar-refractivity contribution < 1.29 is 9.84 Å². The lowest BCUT2D eigenvalue weighted by atomic mass is 9.70. The second-order valence-electron chi connectivity index (χ2n) is 5.42. The van der Waals surface area contributed by atoms with Crippen LogP contribution in [-0.2, 0) is 4.74 Å². The van der Waals surface area contributed by atoms with Crippen LogP contribution in [0.3, 0.4) is 0 Å². The Morgan fingerprint density at radius 1 is 1.20 bits per heavy atom. The topological polar surface area (TPSA) is 29.5 Å². The van der Waals surface area contributed by atoms with Crippen molar-refractivity contribution in [3.05, 3.63) is 0 Å². The zero-order valence-corrected chi connectivity index (χ0v) is 9.87. The average molecular weight is 212 g/mol. The molecule has 2 saturated carbocycles. The van der Waals surface area contributed by atoms with Crippen molar-refractivity contribution in [2.75, 3.05) is 6.61 Å². The molecule has 0 heterocycles. The van der Waals surface area contributed by atoms with Gasteiger partial charge in [-0.15, -0.1) is 0 Å². The summed E-state index contributed by atoms with van der Waals surface area (Å²) < 4.78 is 5.50. The Kier molecular flexibility index (Phi) is 3.68. The van der Waals surface area contributed by atoms with E-state index in [4.69, 9.17) is 4.74 Å². The van der Waals surface area contributed by atoms with E-state index in [0.29, 0.717) is 6.10 Å². The van der Waals surface area contributed by atoms with Crippen LogP contribution in [0.25, 0.3) is 0 Å². The summed E-state index contributed by atoms with van der Waals surface area (Å²) >= 11 is 0. The first-order chi connectivity index (χ1) is 7.22. The van der Waals surface area contributed by atoms with Crippen LogP contribution in [0, 0.1) is 5.92 Å². The van der Waals surface area contributed by atoms with Crippen molar-refractivity contribution in [3.63, 3.8) is 0 Å². The smallest absolute Gasteiger partial charge is 0.0699 e. The van der Waals surface area contributed by atoms with Gasteiger partial charge < -0.3 is 9.84 Å². The SMILES string of the molecule is CCOC1CC(O)(CC2CCCCC2)C1. The van der Waals surface area contributed by atoms with E-state index in [2.05, 4.69) is 0 Å². The summed E-state index contributed by atoms with van der Waals surface area (Å²) in [6, 6.07) is 0. The molecule has 0 atom stereocenters. The second kappa shape index (κ2) is 4.84.